The van der Waals surface area contributed by atoms with Crippen LogP contribution in [0, 0.1) is 15.9 Å². The predicted molar refractivity (Wildman–Crippen MR) is 48.6 cm³/mol. The van der Waals surface area contributed by atoms with E-state index < -0.39 is 10.7 Å². The summed E-state index contributed by atoms with van der Waals surface area (Å²) >= 11 is 2.92. The van der Waals surface area contributed by atoms with Crippen LogP contribution in [0.15, 0.2) is 16.6 Å². The van der Waals surface area contributed by atoms with Crippen molar-refractivity contribution in [3.05, 3.63) is 38.1 Å². The molecule has 0 spiro atoms. The van der Waals surface area contributed by atoms with Crippen molar-refractivity contribution >= 4 is 21.6 Å². The zero-order valence-corrected chi connectivity index (χ0v) is 8.04. The van der Waals surface area contributed by atoms with Crippen LogP contribution < -0.4 is 5.73 Å². The number of hydrogen-bond donors (Lipinski definition) is 1. The molecule has 2 N–H and O–H groups in total. The molecule has 0 aromatic heterocycles. The Hall–Kier alpha value is -1.01. The van der Waals surface area contributed by atoms with Gasteiger partial charge in [-0.15, -0.1) is 0 Å². The second-order valence-electron chi connectivity index (χ2n) is 2.32. The molecule has 13 heavy (non-hydrogen) atoms. The quantitative estimate of drug-likeness (QED) is 0.643. The van der Waals surface area contributed by atoms with E-state index in [0.29, 0.717) is 0 Å². The number of nitro benzene ring substituents is 1. The maximum atomic E-state index is 13.2. The van der Waals surface area contributed by atoms with Crippen LogP contribution in [0.4, 0.5) is 10.1 Å². The fourth-order valence-corrected chi connectivity index (χ4v) is 1.32. The zero-order chi connectivity index (χ0) is 10.0. The van der Waals surface area contributed by atoms with E-state index in [4.69, 9.17) is 5.73 Å². The molecule has 0 bridgehead atoms. The summed E-state index contributed by atoms with van der Waals surface area (Å²) in [7, 11) is 0. The lowest BCUT2D eigenvalue weighted by molar-refractivity contribution is -0.385. The molecule has 0 unspecified atom stereocenters. The molecule has 1 aromatic rings. The van der Waals surface area contributed by atoms with Crippen molar-refractivity contribution in [1.29, 1.82) is 0 Å². The Morgan fingerprint density at radius 1 is 1.62 bits per heavy atom. The van der Waals surface area contributed by atoms with E-state index in [9.17, 15) is 14.5 Å². The summed E-state index contributed by atoms with van der Waals surface area (Å²) in [6.45, 7) is -0.193. The smallest absolute Gasteiger partial charge is 0.276 e. The maximum absolute atomic E-state index is 13.2. The summed E-state index contributed by atoms with van der Waals surface area (Å²) in [6, 6.07) is 2.50. The topological polar surface area (TPSA) is 69.2 Å². The monoisotopic (exact) mass is 248 g/mol. The van der Waals surface area contributed by atoms with Gasteiger partial charge >= 0.3 is 0 Å². The van der Waals surface area contributed by atoms with Gasteiger partial charge in [0.1, 0.15) is 5.82 Å². The highest BCUT2D eigenvalue weighted by Gasteiger charge is 2.18. The van der Waals surface area contributed by atoms with E-state index >= 15 is 0 Å². The van der Waals surface area contributed by atoms with Gasteiger partial charge in [0.25, 0.3) is 5.69 Å². The molecule has 0 amide bonds. The SMILES string of the molecule is NCc1c([N+](=O)[O-])ccc(Br)c1F. The molecule has 0 aliphatic carbocycles. The summed E-state index contributed by atoms with van der Waals surface area (Å²) in [5, 5.41) is 10.4. The lowest BCUT2D eigenvalue weighted by Gasteiger charge is -2.02. The van der Waals surface area contributed by atoms with Crippen molar-refractivity contribution in [2.45, 2.75) is 6.54 Å². The highest BCUT2D eigenvalue weighted by Crippen LogP contribution is 2.26. The molecule has 0 fully saturated rings. The van der Waals surface area contributed by atoms with Crippen molar-refractivity contribution in [3.8, 4) is 0 Å². The summed E-state index contributed by atoms with van der Waals surface area (Å²) in [4.78, 5) is 9.76. The van der Waals surface area contributed by atoms with Crippen molar-refractivity contribution in [2.24, 2.45) is 5.73 Å². The van der Waals surface area contributed by atoms with Gasteiger partial charge in [-0.3, -0.25) is 10.1 Å². The third-order valence-corrected chi connectivity index (χ3v) is 2.18. The van der Waals surface area contributed by atoms with E-state index in [2.05, 4.69) is 15.9 Å². The first-order chi connectivity index (χ1) is 6.07. The zero-order valence-electron chi connectivity index (χ0n) is 6.46. The predicted octanol–water partition coefficient (Wildman–Crippen LogP) is 1.96. The molecule has 1 aromatic carbocycles. The average Bonchev–Trinajstić information content (AvgIpc) is 2.09. The second-order valence-corrected chi connectivity index (χ2v) is 3.17. The number of nitrogens with two attached hydrogens (primary N) is 1. The van der Waals surface area contributed by atoms with Gasteiger partial charge in [-0.05, 0) is 22.0 Å². The number of halogens is 2. The van der Waals surface area contributed by atoms with Crippen molar-refractivity contribution in [2.75, 3.05) is 0 Å². The number of hydrogen-bond acceptors (Lipinski definition) is 3. The standard InChI is InChI=1S/C7H6BrFN2O2/c8-5-1-2-6(11(12)13)4(3-10)7(5)9/h1-2H,3,10H2. The number of nitrogens with zero attached hydrogens (tertiary/aromatic N) is 1. The first-order valence-corrected chi connectivity index (χ1v) is 4.18. The Morgan fingerprint density at radius 2 is 2.23 bits per heavy atom. The van der Waals surface area contributed by atoms with Gasteiger partial charge in [0.15, 0.2) is 0 Å². The van der Waals surface area contributed by atoms with Crippen LogP contribution in [-0.2, 0) is 6.54 Å². The highest BCUT2D eigenvalue weighted by atomic mass is 79.9. The van der Waals surface area contributed by atoms with Crippen LogP contribution in [0.3, 0.4) is 0 Å². The molecule has 0 saturated carbocycles. The minimum atomic E-state index is -0.670. The van der Waals surface area contributed by atoms with Crippen LogP contribution in [0.1, 0.15) is 5.56 Å². The third-order valence-electron chi connectivity index (χ3n) is 1.57. The van der Waals surface area contributed by atoms with Gasteiger partial charge in [0.2, 0.25) is 0 Å². The molecule has 1 rings (SSSR count). The fourth-order valence-electron chi connectivity index (χ4n) is 0.948. The molecule has 0 aliphatic rings. The molecular weight excluding hydrogens is 243 g/mol. The fraction of sp³-hybridized carbons (Fsp3) is 0.143. The van der Waals surface area contributed by atoms with Crippen molar-refractivity contribution in [1.82, 2.24) is 0 Å². The second kappa shape index (κ2) is 3.80. The maximum Gasteiger partial charge on any atom is 0.276 e. The van der Waals surface area contributed by atoms with E-state index in [1.54, 1.807) is 0 Å². The van der Waals surface area contributed by atoms with Crippen LogP contribution in [0.25, 0.3) is 0 Å². The summed E-state index contributed by atoms with van der Waals surface area (Å²) in [6.07, 6.45) is 0. The Morgan fingerprint density at radius 3 is 2.69 bits per heavy atom. The van der Waals surface area contributed by atoms with Gasteiger partial charge in [-0.1, -0.05) is 0 Å². The Labute approximate surface area is 81.8 Å². The Balaban J connectivity index is 3.38. The van der Waals surface area contributed by atoms with Crippen molar-refractivity contribution in [3.63, 3.8) is 0 Å². The molecule has 0 heterocycles. The van der Waals surface area contributed by atoms with Crippen LogP contribution >= 0.6 is 15.9 Å². The van der Waals surface area contributed by atoms with E-state index in [-0.39, 0.29) is 22.3 Å². The molecule has 0 aliphatic heterocycles. The number of rotatable bonds is 2. The normalized spacial score (nSPS) is 10.1. The van der Waals surface area contributed by atoms with Gasteiger partial charge in [0.05, 0.1) is 15.0 Å². The minimum absolute atomic E-state index is 0.0839. The van der Waals surface area contributed by atoms with E-state index in [1.807, 2.05) is 0 Å². The van der Waals surface area contributed by atoms with Crippen LogP contribution in [0.5, 0.6) is 0 Å². The molecule has 0 atom stereocenters. The first kappa shape index (κ1) is 10.1. The average molecular weight is 249 g/mol. The lowest BCUT2D eigenvalue weighted by Crippen LogP contribution is -2.05. The number of benzene rings is 1. The van der Waals surface area contributed by atoms with Gasteiger partial charge < -0.3 is 5.73 Å². The summed E-state index contributed by atoms with van der Waals surface area (Å²) < 4.78 is 13.4. The van der Waals surface area contributed by atoms with Crippen LogP contribution in [-0.4, -0.2) is 4.92 Å². The summed E-state index contributed by atoms with van der Waals surface area (Å²) in [5.74, 6) is -0.670. The lowest BCUT2D eigenvalue weighted by atomic mass is 10.2. The highest BCUT2D eigenvalue weighted by molar-refractivity contribution is 9.10. The molecule has 0 radical (unpaired) electrons. The number of nitro groups is 1. The molecular formula is C7H6BrFN2O2. The minimum Gasteiger partial charge on any atom is -0.326 e. The van der Waals surface area contributed by atoms with Gasteiger partial charge in [0, 0.05) is 12.6 Å². The first-order valence-electron chi connectivity index (χ1n) is 3.39. The third kappa shape index (κ3) is 1.84. The van der Waals surface area contributed by atoms with Crippen molar-refractivity contribution < 1.29 is 9.31 Å². The van der Waals surface area contributed by atoms with E-state index in [1.165, 1.54) is 12.1 Å². The Bertz CT molecular complexity index is 357. The van der Waals surface area contributed by atoms with E-state index in [0.717, 1.165) is 0 Å². The molecule has 4 nitrogen and oxygen atoms in total. The van der Waals surface area contributed by atoms with Gasteiger partial charge in [-0.2, -0.15) is 0 Å². The van der Waals surface area contributed by atoms with Crippen LogP contribution in [0.2, 0.25) is 0 Å². The molecule has 6 heteroatoms. The Kier molecular flexibility index (Phi) is 2.94. The summed E-state index contributed by atoms with van der Waals surface area (Å²) in [5.41, 5.74) is 4.82. The largest absolute Gasteiger partial charge is 0.326 e. The van der Waals surface area contributed by atoms with Gasteiger partial charge in [-0.25, -0.2) is 4.39 Å². The molecule has 70 valence electrons. The molecule has 0 saturated heterocycles.